The first kappa shape index (κ1) is 61.9. The lowest BCUT2D eigenvalue weighted by Gasteiger charge is -2.18. The van der Waals surface area contributed by atoms with E-state index in [4.69, 9.17) is 14.2 Å². The molecule has 1 unspecified atom stereocenters. The van der Waals surface area contributed by atoms with Crippen molar-refractivity contribution in [3.8, 4) is 0 Å². The molecule has 0 aromatic carbocycles. The molecule has 0 saturated heterocycles. The minimum absolute atomic E-state index is 0.0802. The average molecular weight is 898 g/mol. The van der Waals surface area contributed by atoms with Gasteiger partial charge in [0, 0.05) is 19.4 Å². The van der Waals surface area contributed by atoms with Gasteiger partial charge in [-0.25, -0.2) is 0 Å². The highest BCUT2D eigenvalue weighted by atomic mass is 16.6. The lowest BCUT2D eigenvalue weighted by molar-refractivity contribution is -0.163. The van der Waals surface area contributed by atoms with Crippen LogP contribution in [-0.2, 0) is 23.8 Å². The molecule has 0 rings (SSSR count). The lowest BCUT2D eigenvalue weighted by atomic mass is 10.0. The molecule has 0 aromatic heterocycles. The monoisotopic (exact) mass is 897 g/mol. The summed E-state index contributed by atoms with van der Waals surface area (Å²) in [5.41, 5.74) is 0. The van der Waals surface area contributed by atoms with Crippen molar-refractivity contribution < 1.29 is 23.8 Å². The van der Waals surface area contributed by atoms with Crippen LogP contribution in [0.5, 0.6) is 0 Å². The second-order valence-corrected chi connectivity index (χ2v) is 18.8. The number of carbonyl (C=O) groups excluding carboxylic acids is 2. The van der Waals surface area contributed by atoms with Crippen molar-refractivity contribution in [3.05, 3.63) is 48.6 Å². The van der Waals surface area contributed by atoms with Crippen LogP contribution in [-0.4, -0.2) is 37.9 Å². The van der Waals surface area contributed by atoms with Gasteiger partial charge in [0.15, 0.2) is 6.10 Å². The molecule has 0 bridgehead atoms. The van der Waals surface area contributed by atoms with Crippen LogP contribution in [0.4, 0.5) is 0 Å². The summed E-state index contributed by atoms with van der Waals surface area (Å²) in [4.78, 5) is 25.5. The zero-order valence-electron chi connectivity index (χ0n) is 43.1. The number of carbonyl (C=O) groups is 2. The highest BCUT2D eigenvalue weighted by Crippen LogP contribution is 2.16. The Hall–Kier alpha value is -2.14. The Morgan fingerprint density at radius 3 is 1.16 bits per heavy atom. The Bertz CT molecular complexity index is 1060. The SMILES string of the molecule is CC/C=C\C/C=C\C/C=C\CCCCCCCCCC(=O)OCC(COCCCCCCCCCCCCCCCCCCCC)OC(=O)CCCCCCC/C=C\CCCCCC. The molecule has 0 aromatic rings. The second kappa shape index (κ2) is 55.2. The molecule has 0 heterocycles. The summed E-state index contributed by atoms with van der Waals surface area (Å²) in [6, 6.07) is 0. The molecule has 5 heteroatoms. The van der Waals surface area contributed by atoms with Crippen molar-refractivity contribution in [2.75, 3.05) is 19.8 Å². The van der Waals surface area contributed by atoms with Gasteiger partial charge in [-0.3, -0.25) is 9.59 Å². The summed E-state index contributed by atoms with van der Waals surface area (Å²) < 4.78 is 17.5. The maximum atomic E-state index is 12.8. The first-order valence-electron chi connectivity index (χ1n) is 28.2. The van der Waals surface area contributed by atoms with E-state index in [-0.39, 0.29) is 25.2 Å². The van der Waals surface area contributed by atoms with Crippen LogP contribution in [0.3, 0.4) is 0 Å². The van der Waals surface area contributed by atoms with Crippen molar-refractivity contribution in [1.82, 2.24) is 0 Å². The third-order valence-electron chi connectivity index (χ3n) is 12.3. The van der Waals surface area contributed by atoms with Crippen molar-refractivity contribution in [3.63, 3.8) is 0 Å². The van der Waals surface area contributed by atoms with E-state index in [1.165, 1.54) is 180 Å². The van der Waals surface area contributed by atoms with Crippen molar-refractivity contribution >= 4 is 11.9 Å². The smallest absolute Gasteiger partial charge is 0.306 e. The van der Waals surface area contributed by atoms with E-state index in [9.17, 15) is 9.59 Å². The maximum absolute atomic E-state index is 12.8. The van der Waals surface area contributed by atoms with Gasteiger partial charge in [-0.1, -0.05) is 249 Å². The number of unbranched alkanes of at least 4 members (excludes halogenated alkanes) is 33. The molecule has 0 fully saturated rings. The fraction of sp³-hybridized carbons (Fsp3) is 0.831. The van der Waals surface area contributed by atoms with Crippen LogP contribution in [0.2, 0.25) is 0 Å². The van der Waals surface area contributed by atoms with Crippen molar-refractivity contribution in [2.24, 2.45) is 0 Å². The summed E-state index contributed by atoms with van der Waals surface area (Å²) in [6.07, 6.45) is 68.4. The molecular formula is C59H108O5. The molecule has 0 N–H and O–H groups in total. The average Bonchev–Trinajstić information content (AvgIpc) is 3.30. The van der Waals surface area contributed by atoms with Crippen LogP contribution in [0.1, 0.15) is 290 Å². The van der Waals surface area contributed by atoms with Gasteiger partial charge in [0.1, 0.15) is 6.61 Å². The zero-order valence-corrected chi connectivity index (χ0v) is 43.1. The fourth-order valence-electron chi connectivity index (χ4n) is 8.17. The van der Waals surface area contributed by atoms with Gasteiger partial charge in [0.05, 0.1) is 6.61 Å². The third kappa shape index (κ3) is 52.5. The quantitative estimate of drug-likeness (QED) is 0.0346. The van der Waals surface area contributed by atoms with E-state index >= 15 is 0 Å². The van der Waals surface area contributed by atoms with E-state index < -0.39 is 6.10 Å². The minimum atomic E-state index is -0.542. The van der Waals surface area contributed by atoms with Gasteiger partial charge in [-0.2, -0.15) is 0 Å². The number of esters is 2. The molecule has 64 heavy (non-hydrogen) atoms. The van der Waals surface area contributed by atoms with Gasteiger partial charge >= 0.3 is 11.9 Å². The highest BCUT2D eigenvalue weighted by Gasteiger charge is 2.17. The first-order valence-corrected chi connectivity index (χ1v) is 28.2. The van der Waals surface area contributed by atoms with Gasteiger partial charge in [-0.05, 0) is 77.0 Å². The molecular weight excluding hydrogens is 789 g/mol. The number of ether oxygens (including phenoxy) is 3. The molecule has 374 valence electrons. The van der Waals surface area contributed by atoms with Gasteiger partial charge in [0.2, 0.25) is 0 Å². The summed E-state index contributed by atoms with van der Waals surface area (Å²) >= 11 is 0. The molecule has 1 atom stereocenters. The van der Waals surface area contributed by atoms with Crippen LogP contribution < -0.4 is 0 Å². The minimum Gasteiger partial charge on any atom is -0.462 e. The number of rotatable bonds is 52. The largest absolute Gasteiger partial charge is 0.462 e. The van der Waals surface area contributed by atoms with E-state index in [2.05, 4.69) is 69.4 Å². The zero-order chi connectivity index (χ0) is 46.3. The standard InChI is InChI=1S/C59H108O5/c1-4-7-10-13-16-19-22-25-27-29-31-33-36-39-42-45-48-51-54-62-55-57(64-59(61)53-50-47-44-41-38-34-24-21-18-15-12-9-6-3)56-63-58(60)52-49-46-43-40-37-35-32-30-28-26-23-20-17-14-11-8-5-2/h8,11,17,20-21,24,26,28,57H,4-7,9-10,12-16,18-19,22-23,25,27,29-56H2,1-3H3/b11-8-,20-17-,24-21-,28-26-. The van der Waals surface area contributed by atoms with Gasteiger partial charge < -0.3 is 14.2 Å². The van der Waals surface area contributed by atoms with Crippen LogP contribution in [0, 0.1) is 0 Å². The van der Waals surface area contributed by atoms with E-state index in [0.29, 0.717) is 19.4 Å². The molecule has 0 aliphatic heterocycles. The number of allylic oxidation sites excluding steroid dienone is 8. The molecule has 0 amide bonds. The molecule has 0 aliphatic carbocycles. The molecule has 5 nitrogen and oxygen atoms in total. The van der Waals surface area contributed by atoms with E-state index in [1.807, 2.05) is 0 Å². The Morgan fingerprint density at radius 2 is 0.703 bits per heavy atom. The van der Waals surface area contributed by atoms with E-state index in [1.54, 1.807) is 0 Å². The maximum Gasteiger partial charge on any atom is 0.306 e. The molecule has 0 radical (unpaired) electrons. The number of hydrogen-bond acceptors (Lipinski definition) is 5. The summed E-state index contributed by atoms with van der Waals surface area (Å²) in [6.45, 7) is 7.74. The Labute approximate surface area is 399 Å². The lowest BCUT2D eigenvalue weighted by Crippen LogP contribution is -2.30. The van der Waals surface area contributed by atoms with Crippen LogP contribution >= 0.6 is 0 Å². The molecule has 0 spiro atoms. The van der Waals surface area contributed by atoms with Gasteiger partial charge in [-0.15, -0.1) is 0 Å². The summed E-state index contributed by atoms with van der Waals surface area (Å²) in [5.74, 6) is -0.405. The number of hydrogen-bond donors (Lipinski definition) is 0. The van der Waals surface area contributed by atoms with Crippen LogP contribution in [0.25, 0.3) is 0 Å². The Balaban J connectivity index is 4.23. The Kier molecular flexibility index (Phi) is 53.3. The van der Waals surface area contributed by atoms with Crippen molar-refractivity contribution in [1.29, 1.82) is 0 Å². The highest BCUT2D eigenvalue weighted by molar-refractivity contribution is 5.70. The molecule has 0 saturated carbocycles. The predicted molar refractivity (Wildman–Crippen MR) is 279 cm³/mol. The van der Waals surface area contributed by atoms with Crippen LogP contribution in [0.15, 0.2) is 48.6 Å². The second-order valence-electron chi connectivity index (χ2n) is 18.8. The molecule has 0 aliphatic rings. The summed E-state index contributed by atoms with van der Waals surface area (Å²) in [7, 11) is 0. The normalized spacial score (nSPS) is 12.5. The first-order chi connectivity index (χ1) is 31.6. The summed E-state index contributed by atoms with van der Waals surface area (Å²) in [5, 5.41) is 0. The topological polar surface area (TPSA) is 61.8 Å². The van der Waals surface area contributed by atoms with E-state index in [0.717, 1.165) is 77.0 Å². The van der Waals surface area contributed by atoms with Gasteiger partial charge in [0.25, 0.3) is 0 Å². The fourth-order valence-corrected chi connectivity index (χ4v) is 8.17. The third-order valence-corrected chi connectivity index (χ3v) is 12.3. The predicted octanol–water partition coefficient (Wildman–Crippen LogP) is 19.1. The van der Waals surface area contributed by atoms with Crippen molar-refractivity contribution in [2.45, 2.75) is 297 Å². The Morgan fingerprint density at radius 1 is 0.359 bits per heavy atom.